The summed E-state index contributed by atoms with van der Waals surface area (Å²) in [5.41, 5.74) is 17.0. The van der Waals surface area contributed by atoms with Crippen LogP contribution in [0.25, 0.3) is 0 Å². The maximum atomic E-state index is 14.3. The second kappa shape index (κ2) is 33.0. The van der Waals surface area contributed by atoms with Crippen LogP contribution < -0.4 is 54.4 Å². The van der Waals surface area contributed by atoms with Crippen molar-refractivity contribution in [1.29, 1.82) is 0 Å². The highest BCUT2D eigenvalue weighted by atomic mass is 16.3. The van der Waals surface area contributed by atoms with Crippen LogP contribution in [0.3, 0.4) is 0 Å². The molecule has 2 rings (SSSR count). The van der Waals surface area contributed by atoms with Crippen molar-refractivity contribution in [3.05, 3.63) is 35.9 Å². The van der Waals surface area contributed by atoms with E-state index in [1.807, 2.05) is 0 Å². The fraction of sp³-hybridized carbons (Fsp3) is 0.654. The topological polar surface area (TPSA) is 392 Å². The molecule has 0 saturated carbocycles. The predicted octanol–water partition coefficient (Wildman–Crippen LogP) is -2.62. The van der Waals surface area contributed by atoms with Crippen molar-refractivity contribution in [2.75, 3.05) is 40.3 Å². The number of aliphatic hydroxyl groups excluding tert-OH is 1. The van der Waals surface area contributed by atoms with Crippen LogP contribution in [-0.2, 0) is 59.2 Å². The molecule has 1 aliphatic heterocycles. The number of nitrogens with zero attached hydrogens (tertiary/aromatic N) is 4. The monoisotopic (exact) mass is 1100 g/mol. The molecule has 14 N–H and O–H groups in total. The van der Waals surface area contributed by atoms with Gasteiger partial charge in [0.05, 0.1) is 19.2 Å². The Kier molecular flexibility index (Phi) is 28.3. The second-order valence-electron chi connectivity index (χ2n) is 20.0. The normalized spacial score (nSPS) is 16.8. The first-order chi connectivity index (χ1) is 36.7. The third-order valence-electron chi connectivity index (χ3n) is 13.8. The summed E-state index contributed by atoms with van der Waals surface area (Å²) in [7, 11) is 2.80. The van der Waals surface area contributed by atoms with Crippen LogP contribution in [-0.4, -0.2) is 185 Å². The Morgan fingerprint density at radius 3 is 1.82 bits per heavy atom. The van der Waals surface area contributed by atoms with Gasteiger partial charge in [0.2, 0.25) is 65.0 Å². The first kappa shape index (κ1) is 66.7. The molecule has 1 saturated heterocycles. The smallest absolute Gasteiger partial charge is 0.245 e. The number of hydrogen-bond donors (Lipinski definition) is 11. The average molecular weight is 1100 g/mol. The Bertz CT molecular complexity index is 2260. The molecule has 0 spiro atoms. The molecule has 26 heteroatoms. The van der Waals surface area contributed by atoms with E-state index >= 15 is 0 Å². The van der Waals surface area contributed by atoms with Gasteiger partial charge in [-0.1, -0.05) is 84.2 Å². The molecule has 1 aliphatic rings. The van der Waals surface area contributed by atoms with Crippen molar-refractivity contribution in [3.63, 3.8) is 0 Å². The number of carbonyl (C=O) groups is 11. The molecule has 1 aromatic rings. The lowest BCUT2D eigenvalue weighted by Gasteiger charge is -2.32. The Balaban J connectivity index is 2.38. The number of hydrogen-bond acceptors (Lipinski definition) is 13. The summed E-state index contributed by atoms with van der Waals surface area (Å²) in [6.07, 6.45) is 0.596. The van der Waals surface area contributed by atoms with Gasteiger partial charge in [0.15, 0.2) is 5.96 Å². The van der Waals surface area contributed by atoms with Gasteiger partial charge in [-0.15, -0.1) is 0 Å². The zero-order valence-corrected chi connectivity index (χ0v) is 46.9. The van der Waals surface area contributed by atoms with Gasteiger partial charge in [0.1, 0.15) is 48.3 Å². The molecule has 11 amide bonds. The Hall–Kier alpha value is -7.38. The summed E-state index contributed by atoms with van der Waals surface area (Å²) < 4.78 is 0. The van der Waals surface area contributed by atoms with E-state index < -0.39 is 132 Å². The van der Waals surface area contributed by atoms with Gasteiger partial charge in [-0.25, -0.2) is 0 Å². The first-order valence-corrected chi connectivity index (χ1v) is 26.6. The van der Waals surface area contributed by atoms with E-state index in [1.54, 1.807) is 65.0 Å². The number of guanidine groups is 1. The van der Waals surface area contributed by atoms with Gasteiger partial charge in [-0.3, -0.25) is 57.7 Å². The highest BCUT2D eigenvalue weighted by Gasteiger charge is 2.41. The quantitative estimate of drug-likeness (QED) is 0.0200. The van der Waals surface area contributed by atoms with E-state index in [4.69, 9.17) is 17.2 Å². The van der Waals surface area contributed by atoms with Crippen LogP contribution >= 0.6 is 0 Å². The largest absolute Gasteiger partial charge is 0.391 e. The molecule has 11 atom stereocenters. The lowest BCUT2D eigenvalue weighted by atomic mass is 9.96. The van der Waals surface area contributed by atoms with Crippen LogP contribution in [0.4, 0.5) is 0 Å². The number of carbonyl (C=O) groups excluding carboxylic acids is 11. The molecular weight excluding hydrogens is 1010 g/mol. The van der Waals surface area contributed by atoms with Crippen molar-refractivity contribution in [2.24, 2.45) is 34.0 Å². The van der Waals surface area contributed by atoms with Gasteiger partial charge in [-0.2, -0.15) is 0 Å². The molecule has 78 heavy (non-hydrogen) atoms. The maximum Gasteiger partial charge on any atom is 0.245 e. The predicted molar refractivity (Wildman–Crippen MR) is 290 cm³/mol. The van der Waals surface area contributed by atoms with Crippen molar-refractivity contribution in [1.82, 2.24) is 51.9 Å². The molecule has 0 radical (unpaired) electrons. The third-order valence-corrected chi connectivity index (χ3v) is 13.8. The van der Waals surface area contributed by atoms with E-state index in [9.17, 15) is 57.8 Å². The molecule has 1 heterocycles. The molecule has 1 fully saturated rings. The van der Waals surface area contributed by atoms with Crippen LogP contribution in [0, 0.1) is 11.8 Å². The number of nitrogens with one attached hydrogen (secondary N) is 7. The number of primary amides is 1. The lowest BCUT2D eigenvalue weighted by molar-refractivity contribution is -0.142. The highest BCUT2D eigenvalue weighted by Crippen LogP contribution is 2.21. The van der Waals surface area contributed by atoms with E-state index in [2.05, 4.69) is 42.2 Å². The molecule has 26 nitrogen and oxygen atoms in total. The SMILES string of the molecule is CCC[C@H](NC(=O)[C@@H](NC(=O)[C@H](NC(=O)[C@@H](Cc1ccccc1)N(C)C(=O)CNC(=O)CN(C)C(C)=O)[C@@H](C)CC)[C@@H](C)O)C(=O)N[C@H](C(=O)N[C@@H](CCCN=C(N)N)C(=O)N1CCC[C@H]1C(=O)N[C@H](C)C(N)=O)[C@@H](C)CC. The van der Waals surface area contributed by atoms with E-state index in [0.717, 1.165) is 9.80 Å². The summed E-state index contributed by atoms with van der Waals surface area (Å²) in [5.74, 6) is -8.92. The minimum absolute atomic E-state index is 0.00265. The number of likely N-dealkylation sites (N-methyl/N-ethyl adjacent to an activating group) is 2. The number of aliphatic hydroxyl groups is 1. The van der Waals surface area contributed by atoms with Crippen molar-refractivity contribution in [2.45, 2.75) is 168 Å². The third kappa shape index (κ3) is 21.2. The number of amides is 11. The Labute approximate surface area is 457 Å². The molecule has 0 aliphatic carbocycles. The molecule has 436 valence electrons. The number of benzene rings is 1. The fourth-order valence-electron chi connectivity index (χ4n) is 8.38. The minimum Gasteiger partial charge on any atom is -0.391 e. The van der Waals surface area contributed by atoms with Crippen LogP contribution in [0.15, 0.2) is 35.3 Å². The summed E-state index contributed by atoms with van der Waals surface area (Å²) >= 11 is 0. The fourth-order valence-corrected chi connectivity index (χ4v) is 8.38. The van der Waals surface area contributed by atoms with Crippen molar-refractivity contribution in [3.8, 4) is 0 Å². The maximum absolute atomic E-state index is 14.3. The Morgan fingerprint density at radius 1 is 0.731 bits per heavy atom. The molecule has 1 aromatic carbocycles. The van der Waals surface area contributed by atoms with Gasteiger partial charge < -0.3 is 74.2 Å². The molecule has 0 aromatic heterocycles. The number of aliphatic imine (C=N–C) groups is 1. The summed E-state index contributed by atoms with van der Waals surface area (Å²) in [5, 5.41) is 29.4. The van der Waals surface area contributed by atoms with Crippen LogP contribution in [0.5, 0.6) is 0 Å². The van der Waals surface area contributed by atoms with Gasteiger partial charge in [-0.05, 0) is 63.4 Å². The number of nitrogens with two attached hydrogens (primary N) is 3. The average Bonchev–Trinajstić information content (AvgIpc) is 3.90. The number of rotatable bonds is 32. The lowest BCUT2D eigenvalue weighted by Crippen LogP contribution is -2.63. The number of likely N-dealkylation sites (tertiary alicyclic amines) is 1. The molecular formula is C52H86N14O12. The Morgan fingerprint density at radius 2 is 1.28 bits per heavy atom. The second-order valence-corrected chi connectivity index (χ2v) is 20.0. The summed E-state index contributed by atoms with van der Waals surface area (Å²) in [6.45, 7) is 12.1. The van der Waals surface area contributed by atoms with E-state index in [1.165, 1.54) is 39.8 Å². The first-order valence-electron chi connectivity index (χ1n) is 26.6. The molecule has 0 unspecified atom stereocenters. The van der Waals surface area contributed by atoms with Crippen molar-refractivity contribution >= 4 is 70.9 Å². The van der Waals surface area contributed by atoms with E-state index in [0.29, 0.717) is 31.2 Å². The molecule has 0 bridgehead atoms. The zero-order valence-electron chi connectivity index (χ0n) is 46.9. The highest BCUT2D eigenvalue weighted by molar-refractivity contribution is 5.99. The van der Waals surface area contributed by atoms with Gasteiger partial charge in [0.25, 0.3) is 0 Å². The van der Waals surface area contributed by atoms with Gasteiger partial charge >= 0.3 is 0 Å². The summed E-state index contributed by atoms with van der Waals surface area (Å²) in [6, 6.07) is -1.16. The van der Waals surface area contributed by atoms with Crippen LogP contribution in [0.1, 0.15) is 112 Å². The zero-order chi connectivity index (χ0) is 59.0. The summed E-state index contributed by atoms with van der Waals surface area (Å²) in [4.78, 5) is 156. The van der Waals surface area contributed by atoms with Gasteiger partial charge in [0, 0.05) is 40.5 Å². The van der Waals surface area contributed by atoms with E-state index in [-0.39, 0.29) is 63.6 Å². The minimum atomic E-state index is -1.67. The van der Waals surface area contributed by atoms with Crippen molar-refractivity contribution < 1.29 is 57.8 Å². The standard InChI is InChI=1S/C52H86N14O12/c1-11-19-35(45(72)61-41(29(4)12-2)48(75)60-36(22-17-24-56-52(54)55)51(78)66-25-18-23-37(66)46(73)58-31(6)44(53)71)59-50(77)43(32(7)67)63-49(76)42(30(5)13-3)62-47(74)38(26-34-20-15-14-16-21-34)65(10)40(70)27-57-39(69)28-64(9)33(8)68/h14-16,20-21,29-32,35-38,41-43,67H,11-13,17-19,22-28H2,1-10H3,(H2,53,71)(H,57,69)(H,58,73)(H,59,77)(H,60,75)(H,61,72)(H,62,74)(H,63,76)(H4,54,55,56)/t29-,30-,31+,32+,35-,36-,37-,38+,41-,42+,43-/m0/s1. The van der Waals surface area contributed by atoms with Crippen LogP contribution in [0.2, 0.25) is 0 Å².